The molecule has 4 rings (SSSR count). The van der Waals surface area contributed by atoms with E-state index < -0.39 is 11.5 Å². The lowest BCUT2D eigenvalue weighted by Crippen LogP contribution is -2.51. The van der Waals surface area contributed by atoms with Crippen LogP contribution < -0.4 is 5.32 Å². The Balaban J connectivity index is 1.50. The van der Waals surface area contributed by atoms with Crippen LogP contribution in [0, 0.1) is 0 Å². The van der Waals surface area contributed by atoms with Crippen molar-refractivity contribution < 1.29 is 14.6 Å². The van der Waals surface area contributed by atoms with Crippen LogP contribution in [-0.4, -0.2) is 48.3 Å². The highest BCUT2D eigenvalue weighted by atomic mass is 35.5. The van der Waals surface area contributed by atoms with E-state index in [1.54, 1.807) is 19.2 Å². The van der Waals surface area contributed by atoms with Crippen LogP contribution in [0.4, 0.5) is 5.69 Å². The number of methoxy groups -OCH3 is 1. The first-order valence-electron chi connectivity index (χ1n) is 11.6. The first-order chi connectivity index (χ1) is 16.5. The Labute approximate surface area is 206 Å². The van der Waals surface area contributed by atoms with E-state index in [4.69, 9.17) is 16.3 Å². The molecule has 3 aromatic rings. The van der Waals surface area contributed by atoms with Crippen molar-refractivity contribution in [3.63, 3.8) is 0 Å². The van der Waals surface area contributed by atoms with Gasteiger partial charge in [-0.3, -0.25) is 4.79 Å². The number of hydrogen-bond donors (Lipinski definition) is 2. The molecule has 2 unspecified atom stereocenters. The van der Waals surface area contributed by atoms with Gasteiger partial charge in [-0.05, 0) is 48.2 Å². The number of ether oxygens (including phenoxy) is 1. The Bertz CT molecular complexity index is 1050. The number of benzene rings is 3. The van der Waals surface area contributed by atoms with Crippen LogP contribution in [0.15, 0.2) is 84.9 Å². The largest absolute Gasteiger partial charge is 0.389 e. The number of amides is 1. The van der Waals surface area contributed by atoms with Gasteiger partial charge in [0.25, 0.3) is 0 Å². The summed E-state index contributed by atoms with van der Waals surface area (Å²) in [6, 6.07) is 26.7. The third-order valence-corrected chi connectivity index (χ3v) is 6.90. The molecular formula is C28H31ClN2O3. The topological polar surface area (TPSA) is 61.8 Å². The number of carbonyl (C=O) groups is 1. The molecule has 1 amide bonds. The number of piperidine rings is 1. The van der Waals surface area contributed by atoms with E-state index in [-0.39, 0.29) is 12.0 Å². The van der Waals surface area contributed by atoms with Crippen LogP contribution in [0.5, 0.6) is 0 Å². The Hall–Kier alpha value is -2.70. The number of anilines is 1. The predicted molar refractivity (Wildman–Crippen MR) is 136 cm³/mol. The van der Waals surface area contributed by atoms with E-state index in [0.717, 1.165) is 17.7 Å². The van der Waals surface area contributed by atoms with Gasteiger partial charge in [0.15, 0.2) is 0 Å². The van der Waals surface area contributed by atoms with Gasteiger partial charge in [0.1, 0.15) is 0 Å². The summed E-state index contributed by atoms with van der Waals surface area (Å²) < 4.78 is 5.74. The molecule has 0 radical (unpaired) electrons. The van der Waals surface area contributed by atoms with Gasteiger partial charge >= 0.3 is 0 Å². The van der Waals surface area contributed by atoms with Gasteiger partial charge in [-0.2, -0.15) is 0 Å². The maximum absolute atomic E-state index is 13.5. The third kappa shape index (κ3) is 5.86. The summed E-state index contributed by atoms with van der Waals surface area (Å²) in [4.78, 5) is 15.8. The fraction of sp³-hybridized carbons (Fsp3) is 0.321. The number of nitrogens with one attached hydrogen (secondary N) is 1. The number of carbonyl (C=O) groups excluding carboxylic acids is 1. The van der Waals surface area contributed by atoms with Gasteiger partial charge < -0.3 is 20.1 Å². The van der Waals surface area contributed by atoms with E-state index in [9.17, 15) is 9.90 Å². The second-order valence-electron chi connectivity index (χ2n) is 8.88. The number of rotatable bonds is 8. The van der Waals surface area contributed by atoms with Crippen LogP contribution in [0.2, 0.25) is 5.02 Å². The van der Waals surface area contributed by atoms with E-state index in [0.29, 0.717) is 36.6 Å². The lowest BCUT2D eigenvalue weighted by molar-refractivity contribution is -0.127. The second kappa shape index (κ2) is 11.2. The van der Waals surface area contributed by atoms with Gasteiger partial charge in [-0.1, -0.05) is 72.3 Å². The average Bonchev–Trinajstić information content (AvgIpc) is 2.86. The quantitative estimate of drug-likeness (QED) is 0.462. The molecule has 1 heterocycles. The highest BCUT2D eigenvalue weighted by Crippen LogP contribution is 2.38. The molecule has 1 fully saturated rings. The summed E-state index contributed by atoms with van der Waals surface area (Å²) in [7, 11) is 1.72. The zero-order valence-electron chi connectivity index (χ0n) is 19.4. The lowest BCUT2D eigenvalue weighted by atomic mass is 9.75. The van der Waals surface area contributed by atoms with Crippen LogP contribution in [0.3, 0.4) is 0 Å². The normalized spacial score (nSPS) is 17.6. The van der Waals surface area contributed by atoms with Crippen LogP contribution in [0.1, 0.15) is 36.0 Å². The zero-order chi connectivity index (χ0) is 24.0. The number of hydrogen-bond acceptors (Lipinski definition) is 4. The summed E-state index contributed by atoms with van der Waals surface area (Å²) in [5, 5.41) is 15.4. The molecule has 1 saturated heterocycles. The molecule has 5 nitrogen and oxygen atoms in total. The number of para-hydroxylation sites is 1. The molecule has 1 aliphatic heterocycles. The lowest BCUT2D eigenvalue weighted by Gasteiger charge is -2.43. The van der Waals surface area contributed by atoms with Crippen LogP contribution in [-0.2, 0) is 9.53 Å². The third-order valence-electron chi connectivity index (χ3n) is 6.65. The van der Waals surface area contributed by atoms with Gasteiger partial charge in [0.2, 0.25) is 5.91 Å². The van der Waals surface area contributed by atoms with Gasteiger partial charge in [0, 0.05) is 37.5 Å². The Morgan fingerprint density at radius 1 is 0.971 bits per heavy atom. The van der Waals surface area contributed by atoms with Crippen molar-refractivity contribution in [1.82, 2.24) is 4.90 Å². The Kier molecular flexibility index (Phi) is 8.01. The summed E-state index contributed by atoms with van der Waals surface area (Å²) in [6.45, 7) is 2.08. The maximum atomic E-state index is 13.5. The first kappa shape index (κ1) is 24.4. The van der Waals surface area contributed by atoms with Crippen molar-refractivity contribution in [2.75, 3.05) is 32.1 Å². The van der Waals surface area contributed by atoms with Crippen LogP contribution >= 0.6 is 11.6 Å². The van der Waals surface area contributed by atoms with E-state index in [2.05, 4.69) is 22.3 Å². The summed E-state index contributed by atoms with van der Waals surface area (Å²) in [6.07, 6.45) is 0.919. The van der Waals surface area contributed by atoms with Gasteiger partial charge in [0.05, 0.1) is 17.6 Å². The molecule has 34 heavy (non-hydrogen) atoms. The zero-order valence-corrected chi connectivity index (χ0v) is 20.1. The van der Waals surface area contributed by atoms with Crippen LogP contribution in [0.25, 0.3) is 0 Å². The minimum Gasteiger partial charge on any atom is -0.389 e. The fourth-order valence-corrected chi connectivity index (χ4v) is 4.85. The maximum Gasteiger partial charge on any atom is 0.234 e. The molecule has 0 aliphatic carbocycles. The fourth-order valence-electron chi connectivity index (χ4n) is 4.73. The summed E-state index contributed by atoms with van der Waals surface area (Å²) in [5.41, 5.74) is 1.43. The van der Waals surface area contributed by atoms with Gasteiger partial charge in [-0.15, -0.1) is 0 Å². The summed E-state index contributed by atoms with van der Waals surface area (Å²) >= 11 is 6.10. The Morgan fingerprint density at radius 2 is 1.56 bits per heavy atom. The SMILES string of the molecule is COC(CN1CCC(O)(C(C(=O)Nc2ccccc2)c2ccc(Cl)cc2)CC1)c1ccccc1. The van der Waals surface area contributed by atoms with Crippen molar-refractivity contribution in [3.8, 4) is 0 Å². The molecule has 2 N–H and O–H groups in total. The average molecular weight is 479 g/mol. The first-order valence-corrected chi connectivity index (χ1v) is 12.0. The van der Waals surface area contributed by atoms with Crippen molar-refractivity contribution >= 4 is 23.2 Å². The molecule has 178 valence electrons. The Morgan fingerprint density at radius 3 is 2.15 bits per heavy atom. The van der Waals surface area contributed by atoms with Crippen molar-refractivity contribution in [2.45, 2.75) is 30.5 Å². The van der Waals surface area contributed by atoms with Crippen molar-refractivity contribution in [2.24, 2.45) is 0 Å². The molecule has 0 spiro atoms. The molecule has 0 aromatic heterocycles. The highest BCUT2D eigenvalue weighted by Gasteiger charge is 2.44. The van der Waals surface area contributed by atoms with Gasteiger partial charge in [-0.25, -0.2) is 0 Å². The van der Waals surface area contributed by atoms with Crippen molar-refractivity contribution in [3.05, 3.63) is 101 Å². The highest BCUT2D eigenvalue weighted by molar-refractivity contribution is 6.30. The number of likely N-dealkylation sites (tertiary alicyclic amines) is 1. The number of halogens is 1. The predicted octanol–water partition coefficient (Wildman–Crippen LogP) is 5.28. The second-order valence-corrected chi connectivity index (χ2v) is 9.32. The smallest absolute Gasteiger partial charge is 0.234 e. The molecule has 2 atom stereocenters. The minimum atomic E-state index is -1.17. The standard InChI is InChI=1S/C28H31ClN2O3/c1-34-25(21-8-4-2-5-9-21)20-31-18-16-28(33,17-19-31)26(22-12-14-23(29)15-13-22)27(32)30-24-10-6-3-7-11-24/h2-15,25-26,33H,16-20H2,1H3,(H,30,32). The van der Waals surface area contributed by atoms with E-state index in [1.807, 2.05) is 60.7 Å². The molecule has 1 aliphatic rings. The molecule has 3 aromatic carbocycles. The van der Waals surface area contributed by atoms with E-state index >= 15 is 0 Å². The number of nitrogens with zero attached hydrogens (tertiary/aromatic N) is 1. The van der Waals surface area contributed by atoms with Crippen molar-refractivity contribution in [1.29, 1.82) is 0 Å². The molecule has 0 bridgehead atoms. The molecule has 0 saturated carbocycles. The summed E-state index contributed by atoms with van der Waals surface area (Å²) in [5.74, 6) is -0.928. The minimum absolute atomic E-state index is 0.0409. The number of aliphatic hydroxyl groups is 1. The van der Waals surface area contributed by atoms with E-state index in [1.165, 1.54) is 0 Å². The molecule has 6 heteroatoms. The molecular weight excluding hydrogens is 448 g/mol. The monoisotopic (exact) mass is 478 g/mol.